The Kier molecular flexibility index (Phi) is 3.98. The number of carbonyl (C=O) groups excluding carboxylic acids is 1. The molecule has 0 bridgehead atoms. The van der Waals surface area contributed by atoms with Gasteiger partial charge in [-0.05, 0) is 29.5 Å². The summed E-state index contributed by atoms with van der Waals surface area (Å²) in [6, 6.07) is 10.2. The van der Waals surface area contributed by atoms with E-state index in [1.807, 2.05) is 18.2 Å². The van der Waals surface area contributed by atoms with Gasteiger partial charge in [-0.3, -0.25) is 0 Å². The van der Waals surface area contributed by atoms with E-state index >= 15 is 0 Å². The van der Waals surface area contributed by atoms with E-state index in [9.17, 15) is 4.79 Å². The van der Waals surface area contributed by atoms with Gasteiger partial charge < -0.3 is 9.72 Å². The maximum atomic E-state index is 11.9. The molecule has 3 nitrogen and oxygen atoms in total. The molecule has 2 rings (SSSR count). The number of hydrogen-bond acceptors (Lipinski definition) is 2. The van der Waals surface area contributed by atoms with Crippen LogP contribution in [-0.2, 0) is 10.2 Å². The molecule has 0 aliphatic rings. The Morgan fingerprint density at radius 1 is 1.15 bits per heavy atom. The number of aromatic nitrogens is 1. The molecule has 0 fully saturated rings. The number of benzene rings is 1. The second kappa shape index (κ2) is 5.53. The number of rotatable bonds is 3. The molecule has 106 valence electrons. The maximum absolute atomic E-state index is 11.9. The number of aromatic amines is 1. The molecular formula is C17H21NO2. The minimum absolute atomic E-state index is 0.126. The zero-order valence-corrected chi connectivity index (χ0v) is 12.5. The Bertz CT molecular complexity index is 588. The van der Waals surface area contributed by atoms with Crippen molar-refractivity contribution in [2.75, 3.05) is 6.61 Å². The highest BCUT2D eigenvalue weighted by molar-refractivity contribution is 5.95. The molecule has 0 radical (unpaired) electrons. The first-order valence-corrected chi connectivity index (χ1v) is 6.89. The summed E-state index contributed by atoms with van der Waals surface area (Å²) in [5.74, 6) is -0.313. The van der Waals surface area contributed by atoms with Crippen molar-refractivity contribution >= 4 is 5.97 Å². The SMILES string of the molecule is CCOC(=O)c1[nH]ccc1-c1ccc(C(C)(C)C)cc1. The molecule has 0 aliphatic heterocycles. The highest BCUT2D eigenvalue weighted by Gasteiger charge is 2.17. The summed E-state index contributed by atoms with van der Waals surface area (Å²) in [6.07, 6.45) is 1.76. The summed E-state index contributed by atoms with van der Waals surface area (Å²) in [4.78, 5) is 14.8. The fourth-order valence-electron chi connectivity index (χ4n) is 2.13. The molecule has 1 aromatic heterocycles. The van der Waals surface area contributed by atoms with Crippen LogP contribution in [0.25, 0.3) is 11.1 Å². The third-order valence-electron chi connectivity index (χ3n) is 3.29. The summed E-state index contributed by atoms with van der Waals surface area (Å²) in [6.45, 7) is 8.73. The van der Waals surface area contributed by atoms with Crippen molar-refractivity contribution in [2.45, 2.75) is 33.1 Å². The van der Waals surface area contributed by atoms with Crippen molar-refractivity contribution in [3.8, 4) is 11.1 Å². The van der Waals surface area contributed by atoms with Crippen LogP contribution in [0.15, 0.2) is 36.5 Å². The molecule has 20 heavy (non-hydrogen) atoms. The van der Waals surface area contributed by atoms with Crippen LogP contribution in [-0.4, -0.2) is 17.6 Å². The van der Waals surface area contributed by atoms with Crippen LogP contribution in [0.3, 0.4) is 0 Å². The summed E-state index contributed by atoms with van der Waals surface area (Å²) in [5.41, 5.74) is 3.80. The standard InChI is InChI=1S/C17H21NO2/c1-5-20-16(19)15-14(10-11-18-15)12-6-8-13(9-7-12)17(2,3)4/h6-11,18H,5H2,1-4H3. The van der Waals surface area contributed by atoms with E-state index in [0.717, 1.165) is 11.1 Å². The fourth-order valence-corrected chi connectivity index (χ4v) is 2.13. The van der Waals surface area contributed by atoms with Crippen LogP contribution in [0.4, 0.5) is 0 Å². The van der Waals surface area contributed by atoms with Gasteiger partial charge >= 0.3 is 5.97 Å². The van der Waals surface area contributed by atoms with Crippen molar-refractivity contribution in [3.63, 3.8) is 0 Å². The van der Waals surface area contributed by atoms with Crippen LogP contribution in [0.1, 0.15) is 43.7 Å². The second-order valence-corrected chi connectivity index (χ2v) is 5.81. The Hall–Kier alpha value is -2.03. The summed E-state index contributed by atoms with van der Waals surface area (Å²) >= 11 is 0. The molecular weight excluding hydrogens is 250 g/mol. The van der Waals surface area contributed by atoms with Gasteiger partial charge in [0.25, 0.3) is 0 Å². The summed E-state index contributed by atoms with van der Waals surface area (Å²) in [7, 11) is 0. The number of nitrogens with one attached hydrogen (secondary N) is 1. The molecule has 1 aromatic carbocycles. The van der Waals surface area contributed by atoms with E-state index in [1.165, 1.54) is 5.56 Å². The molecule has 0 atom stereocenters. The quantitative estimate of drug-likeness (QED) is 0.852. The van der Waals surface area contributed by atoms with E-state index in [0.29, 0.717) is 12.3 Å². The number of hydrogen-bond donors (Lipinski definition) is 1. The topological polar surface area (TPSA) is 42.1 Å². The molecule has 0 amide bonds. The number of carbonyl (C=O) groups is 1. The number of esters is 1. The summed E-state index contributed by atoms with van der Waals surface area (Å²) < 4.78 is 5.06. The van der Waals surface area contributed by atoms with Crippen LogP contribution in [0.5, 0.6) is 0 Å². The normalized spacial score (nSPS) is 11.4. The smallest absolute Gasteiger partial charge is 0.355 e. The zero-order chi connectivity index (χ0) is 14.8. The van der Waals surface area contributed by atoms with Gasteiger partial charge in [0.15, 0.2) is 0 Å². The maximum Gasteiger partial charge on any atom is 0.355 e. The minimum atomic E-state index is -0.313. The Balaban J connectivity index is 2.33. The lowest BCUT2D eigenvalue weighted by Crippen LogP contribution is -2.10. The molecule has 0 spiro atoms. The number of H-pyrrole nitrogens is 1. The lowest BCUT2D eigenvalue weighted by atomic mass is 9.86. The van der Waals surface area contributed by atoms with E-state index in [2.05, 4.69) is 37.9 Å². The van der Waals surface area contributed by atoms with Crippen LogP contribution in [0.2, 0.25) is 0 Å². The largest absolute Gasteiger partial charge is 0.461 e. The summed E-state index contributed by atoms with van der Waals surface area (Å²) in [5, 5.41) is 0. The van der Waals surface area contributed by atoms with Gasteiger partial charge in [-0.25, -0.2) is 4.79 Å². The van der Waals surface area contributed by atoms with Crippen molar-refractivity contribution in [3.05, 3.63) is 47.8 Å². The average Bonchev–Trinajstić information content (AvgIpc) is 2.87. The third-order valence-corrected chi connectivity index (χ3v) is 3.29. The van der Waals surface area contributed by atoms with Gasteiger partial charge in [0, 0.05) is 11.8 Å². The first kappa shape index (κ1) is 14.4. The Labute approximate surface area is 120 Å². The van der Waals surface area contributed by atoms with Gasteiger partial charge in [0.05, 0.1) is 6.61 Å². The molecule has 0 unspecified atom stereocenters. The van der Waals surface area contributed by atoms with Gasteiger partial charge in [0.2, 0.25) is 0 Å². The van der Waals surface area contributed by atoms with E-state index in [4.69, 9.17) is 4.74 Å². The fraction of sp³-hybridized carbons (Fsp3) is 0.353. The predicted molar refractivity (Wildman–Crippen MR) is 80.9 cm³/mol. The molecule has 1 heterocycles. The van der Waals surface area contributed by atoms with Crippen LogP contribution >= 0.6 is 0 Å². The van der Waals surface area contributed by atoms with Crippen molar-refractivity contribution in [1.29, 1.82) is 0 Å². The molecule has 2 aromatic rings. The lowest BCUT2D eigenvalue weighted by molar-refractivity contribution is 0.0521. The molecule has 0 saturated carbocycles. The average molecular weight is 271 g/mol. The number of ether oxygens (including phenoxy) is 1. The highest BCUT2D eigenvalue weighted by atomic mass is 16.5. The van der Waals surface area contributed by atoms with E-state index in [-0.39, 0.29) is 11.4 Å². The van der Waals surface area contributed by atoms with Gasteiger partial charge in [-0.2, -0.15) is 0 Å². The minimum Gasteiger partial charge on any atom is -0.461 e. The Morgan fingerprint density at radius 3 is 2.35 bits per heavy atom. The van der Waals surface area contributed by atoms with Gasteiger partial charge in [-0.15, -0.1) is 0 Å². The third kappa shape index (κ3) is 2.93. The molecule has 3 heteroatoms. The predicted octanol–water partition coefficient (Wildman–Crippen LogP) is 4.16. The van der Waals surface area contributed by atoms with Crippen molar-refractivity contribution in [1.82, 2.24) is 4.98 Å². The van der Waals surface area contributed by atoms with Crippen molar-refractivity contribution < 1.29 is 9.53 Å². The van der Waals surface area contributed by atoms with Crippen molar-refractivity contribution in [2.24, 2.45) is 0 Å². The van der Waals surface area contributed by atoms with Gasteiger partial charge in [0.1, 0.15) is 5.69 Å². The Morgan fingerprint density at radius 2 is 1.80 bits per heavy atom. The second-order valence-electron chi connectivity index (χ2n) is 5.81. The van der Waals surface area contributed by atoms with E-state index < -0.39 is 0 Å². The van der Waals surface area contributed by atoms with Gasteiger partial charge in [-0.1, -0.05) is 45.0 Å². The first-order chi connectivity index (χ1) is 9.43. The first-order valence-electron chi connectivity index (χ1n) is 6.89. The molecule has 0 aliphatic carbocycles. The molecule has 1 N–H and O–H groups in total. The van der Waals surface area contributed by atoms with Crippen LogP contribution < -0.4 is 0 Å². The highest BCUT2D eigenvalue weighted by Crippen LogP contribution is 2.28. The molecule has 0 saturated heterocycles. The zero-order valence-electron chi connectivity index (χ0n) is 12.5. The van der Waals surface area contributed by atoms with E-state index in [1.54, 1.807) is 13.1 Å². The monoisotopic (exact) mass is 271 g/mol. The lowest BCUT2D eigenvalue weighted by Gasteiger charge is -2.19. The van der Waals surface area contributed by atoms with Crippen LogP contribution in [0, 0.1) is 0 Å².